The molecule has 1 aromatic carbocycles. The van der Waals surface area contributed by atoms with Gasteiger partial charge in [-0.2, -0.15) is 0 Å². The summed E-state index contributed by atoms with van der Waals surface area (Å²) in [6.07, 6.45) is 0. The van der Waals surface area contributed by atoms with E-state index in [1.54, 1.807) is 24.3 Å². The molecule has 0 aliphatic carbocycles. The van der Waals surface area contributed by atoms with Crippen LogP contribution in [0.1, 0.15) is 19.6 Å². The lowest BCUT2D eigenvalue weighted by Gasteiger charge is -2.07. The molecule has 0 amide bonds. The topological polar surface area (TPSA) is 55.0 Å². The highest BCUT2D eigenvalue weighted by Crippen LogP contribution is 2.30. The van der Waals surface area contributed by atoms with Crippen molar-refractivity contribution < 1.29 is 14.3 Å². The number of benzene rings is 1. The van der Waals surface area contributed by atoms with Gasteiger partial charge >= 0.3 is 0 Å². The van der Waals surface area contributed by atoms with Crippen LogP contribution in [-0.2, 0) is 4.74 Å². The maximum Gasteiger partial charge on any atom is 0.253 e. The molecule has 0 bridgehead atoms. The first-order chi connectivity index (χ1) is 8.05. The lowest BCUT2D eigenvalue weighted by molar-refractivity contribution is 0.276. The Morgan fingerprint density at radius 2 is 2.18 bits per heavy atom. The second-order valence-electron chi connectivity index (χ2n) is 4.82. The Kier molecular flexibility index (Phi) is 1.96. The first kappa shape index (κ1) is 10.2. The minimum atomic E-state index is -0.212. The summed E-state index contributed by atoms with van der Waals surface area (Å²) >= 11 is 0. The molecular weight excluding hydrogens is 218 g/mol. The van der Waals surface area contributed by atoms with Crippen LogP contribution in [0.5, 0.6) is 5.75 Å². The van der Waals surface area contributed by atoms with E-state index in [1.165, 1.54) is 0 Å². The van der Waals surface area contributed by atoms with Gasteiger partial charge < -0.3 is 14.3 Å². The summed E-state index contributed by atoms with van der Waals surface area (Å²) in [5, 5.41) is 10.4. The Labute approximate surface area is 98.5 Å². The third-order valence-electron chi connectivity index (χ3n) is 2.72. The summed E-state index contributed by atoms with van der Waals surface area (Å²) < 4.78 is 11.1. The lowest BCUT2D eigenvalue weighted by Crippen LogP contribution is -2.17. The molecule has 0 fully saturated rings. The molecule has 2 aromatic rings. The van der Waals surface area contributed by atoms with Crippen LogP contribution < -0.4 is 0 Å². The molecule has 0 saturated carbocycles. The number of phenols is 1. The monoisotopic (exact) mass is 231 g/mol. The van der Waals surface area contributed by atoms with Gasteiger partial charge in [-0.3, -0.25) is 0 Å². The van der Waals surface area contributed by atoms with Crippen molar-refractivity contribution in [3.8, 4) is 5.75 Å². The molecule has 0 radical (unpaired) electrons. The van der Waals surface area contributed by atoms with Crippen molar-refractivity contribution in [1.29, 1.82) is 0 Å². The standard InChI is InChI=1S/C13H13NO3/c1-13(2)7-16-12(14-13)11-6-8-9(15)4-3-5-10(8)17-11/h3-6,15H,7H2,1-2H3. The maximum absolute atomic E-state index is 9.69. The average Bonchev–Trinajstić information content (AvgIpc) is 2.82. The number of hydrogen-bond donors (Lipinski definition) is 1. The minimum Gasteiger partial charge on any atom is -0.507 e. The van der Waals surface area contributed by atoms with Crippen molar-refractivity contribution in [2.24, 2.45) is 4.99 Å². The van der Waals surface area contributed by atoms with Crippen LogP contribution in [0.4, 0.5) is 0 Å². The first-order valence-electron chi connectivity index (χ1n) is 5.50. The van der Waals surface area contributed by atoms with E-state index in [0.717, 1.165) is 0 Å². The molecule has 1 aromatic heterocycles. The molecule has 88 valence electrons. The minimum absolute atomic E-state index is 0.204. The zero-order valence-electron chi connectivity index (χ0n) is 9.73. The molecule has 1 aliphatic rings. The van der Waals surface area contributed by atoms with Gasteiger partial charge in [0.25, 0.3) is 5.90 Å². The number of rotatable bonds is 1. The van der Waals surface area contributed by atoms with Crippen LogP contribution in [0, 0.1) is 0 Å². The normalized spacial score (nSPS) is 18.1. The third kappa shape index (κ3) is 1.65. The van der Waals surface area contributed by atoms with Gasteiger partial charge in [0.05, 0.1) is 10.9 Å². The predicted molar refractivity (Wildman–Crippen MR) is 64.4 cm³/mol. The maximum atomic E-state index is 9.69. The van der Waals surface area contributed by atoms with Crippen LogP contribution in [-0.4, -0.2) is 23.2 Å². The highest BCUT2D eigenvalue weighted by Gasteiger charge is 2.29. The fourth-order valence-electron chi connectivity index (χ4n) is 1.86. The number of fused-ring (bicyclic) bond motifs is 1. The molecule has 17 heavy (non-hydrogen) atoms. The van der Waals surface area contributed by atoms with E-state index < -0.39 is 0 Å². The zero-order chi connectivity index (χ0) is 12.0. The molecule has 2 heterocycles. The van der Waals surface area contributed by atoms with Gasteiger partial charge in [-0.05, 0) is 26.0 Å². The van der Waals surface area contributed by atoms with E-state index in [4.69, 9.17) is 9.15 Å². The number of hydrogen-bond acceptors (Lipinski definition) is 4. The van der Waals surface area contributed by atoms with Crippen LogP contribution in [0.25, 0.3) is 11.0 Å². The fourth-order valence-corrected chi connectivity index (χ4v) is 1.86. The summed E-state index contributed by atoms with van der Waals surface area (Å²) in [6, 6.07) is 6.93. The molecule has 1 aliphatic heterocycles. The number of phenolic OH excluding ortho intramolecular Hbond substituents is 1. The number of nitrogens with zero attached hydrogens (tertiary/aromatic N) is 1. The van der Waals surface area contributed by atoms with E-state index in [2.05, 4.69) is 4.99 Å². The Morgan fingerprint density at radius 3 is 2.82 bits per heavy atom. The molecule has 0 atom stereocenters. The SMILES string of the molecule is CC1(C)COC(c2cc3c(O)cccc3o2)=N1. The summed E-state index contributed by atoms with van der Waals surface area (Å²) in [5.41, 5.74) is 0.423. The van der Waals surface area contributed by atoms with Gasteiger partial charge in [-0.25, -0.2) is 4.99 Å². The van der Waals surface area contributed by atoms with Gasteiger partial charge in [-0.1, -0.05) is 6.07 Å². The Bertz CT molecular complexity index is 610. The van der Waals surface area contributed by atoms with E-state index in [-0.39, 0.29) is 11.3 Å². The summed E-state index contributed by atoms with van der Waals surface area (Å²) in [6.45, 7) is 4.55. The van der Waals surface area contributed by atoms with Crippen molar-refractivity contribution in [2.45, 2.75) is 19.4 Å². The molecule has 0 saturated heterocycles. The van der Waals surface area contributed by atoms with Crippen molar-refractivity contribution in [3.05, 3.63) is 30.0 Å². The van der Waals surface area contributed by atoms with Crippen molar-refractivity contribution >= 4 is 16.9 Å². The van der Waals surface area contributed by atoms with Crippen LogP contribution in [0.15, 0.2) is 33.7 Å². The summed E-state index contributed by atoms with van der Waals surface area (Å²) in [4.78, 5) is 4.43. The van der Waals surface area contributed by atoms with Crippen molar-refractivity contribution in [2.75, 3.05) is 6.61 Å². The Morgan fingerprint density at radius 1 is 1.35 bits per heavy atom. The number of ether oxygens (including phenoxy) is 1. The smallest absolute Gasteiger partial charge is 0.253 e. The second kappa shape index (κ2) is 3.26. The van der Waals surface area contributed by atoms with E-state index in [0.29, 0.717) is 29.2 Å². The van der Waals surface area contributed by atoms with E-state index in [9.17, 15) is 5.11 Å². The number of furan rings is 1. The number of aliphatic imine (C=N–C) groups is 1. The molecular formula is C13H13NO3. The average molecular weight is 231 g/mol. The molecule has 0 spiro atoms. The fraction of sp³-hybridized carbons (Fsp3) is 0.308. The first-order valence-corrected chi connectivity index (χ1v) is 5.50. The Balaban J connectivity index is 2.11. The predicted octanol–water partition coefficient (Wildman–Crippen LogP) is 2.69. The third-order valence-corrected chi connectivity index (χ3v) is 2.72. The van der Waals surface area contributed by atoms with Gasteiger partial charge in [0.1, 0.15) is 17.9 Å². The molecule has 3 rings (SSSR count). The van der Waals surface area contributed by atoms with Gasteiger partial charge in [0, 0.05) is 6.07 Å². The molecule has 1 N–H and O–H groups in total. The van der Waals surface area contributed by atoms with Crippen LogP contribution in [0.3, 0.4) is 0 Å². The highest BCUT2D eigenvalue weighted by atomic mass is 16.5. The van der Waals surface area contributed by atoms with Crippen LogP contribution >= 0.6 is 0 Å². The lowest BCUT2D eigenvalue weighted by atomic mass is 10.1. The van der Waals surface area contributed by atoms with E-state index >= 15 is 0 Å². The second-order valence-corrected chi connectivity index (χ2v) is 4.82. The molecule has 4 nitrogen and oxygen atoms in total. The summed E-state index contributed by atoms with van der Waals surface area (Å²) in [5.74, 6) is 1.27. The molecule has 4 heteroatoms. The van der Waals surface area contributed by atoms with Gasteiger partial charge in [0.2, 0.25) is 0 Å². The van der Waals surface area contributed by atoms with Gasteiger partial charge in [0.15, 0.2) is 5.76 Å². The number of aromatic hydroxyl groups is 1. The van der Waals surface area contributed by atoms with E-state index in [1.807, 2.05) is 13.8 Å². The van der Waals surface area contributed by atoms with Crippen LogP contribution in [0.2, 0.25) is 0 Å². The van der Waals surface area contributed by atoms with Crippen molar-refractivity contribution in [1.82, 2.24) is 0 Å². The largest absolute Gasteiger partial charge is 0.507 e. The molecule has 0 unspecified atom stereocenters. The highest BCUT2D eigenvalue weighted by molar-refractivity contribution is 5.98. The summed E-state index contributed by atoms with van der Waals surface area (Å²) in [7, 11) is 0. The van der Waals surface area contributed by atoms with Gasteiger partial charge in [-0.15, -0.1) is 0 Å². The van der Waals surface area contributed by atoms with Crippen molar-refractivity contribution in [3.63, 3.8) is 0 Å². The quantitative estimate of drug-likeness (QED) is 0.820. The Hall–Kier alpha value is -1.97. The zero-order valence-corrected chi connectivity index (χ0v) is 9.73.